The summed E-state index contributed by atoms with van der Waals surface area (Å²) in [6, 6.07) is 12.5. The van der Waals surface area contributed by atoms with Gasteiger partial charge in [-0.2, -0.15) is 0 Å². The molecule has 0 saturated heterocycles. The lowest BCUT2D eigenvalue weighted by Gasteiger charge is -2.08. The van der Waals surface area contributed by atoms with Gasteiger partial charge in [-0.25, -0.2) is 0 Å². The van der Waals surface area contributed by atoms with E-state index < -0.39 is 0 Å². The van der Waals surface area contributed by atoms with Crippen molar-refractivity contribution in [1.29, 1.82) is 0 Å². The number of nitrogens with one attached hydrogen (secondary N) is 1. The first-order chi connectivity index (χ1) is 7.83. The van der Waals surface area contributed by atoms with Crippen molar-refractivity contribution in [2.24, 2.45) is 0 Å². The highest BCUT2D eigenvalue weighted by Crippen LogP contribution is 2.45. The zero-order valence-corrected chi connectivity index (χ0v) is 9.79. The topological polar surface area (TPSA) is 24.9 Å². The normalized spacial score (nSPS) is 17.9. The Balaban J connectivity index is 1.91. The van der Waals surface area contributed by atoms with Crippen LogP contribution in [0, 0.1) is 6.92 Å². The first-order valence-electron chi connectivity index (χ1n) is 5.28. The van der Waals surface area contributed by atoms with Gasteiger partial charge in [0.25, 0.3) is 0 Å². The van der Waals surface area contributed by atoms with Gasteiger partial charge in [0.05, 0.1) is 5.69 Å². The van der Waals surface area contributed by atoms with Crippen LogP contribution in [0.1, 0.15) is 16.6 Å². The maximum atomic E-state index is 4.38. The van der Waals surface area contributed by atoms with Gasteiger partial charge in [0.2, 0.25) is 0 Å². The van der Waals surface area contributed by atoms with Crippen LogP contribution in [0.4, 0.5) is 5.69 Å². The molecular formula is C13H12N2S. The molecule has 16 heavy (non-hydrogen) atoms. The molecule has 1 atom stereocenters. The van der Waals surface area contributed by atoms with Crippen molar-refractivity contribution in [3.63, 3.8) is 0 Å². The molecule has 0 radical (unpaired) electrons. The van der Waals surface area contributed by atoms with Gasteiger partial charge in [-0.05, 0) is 36.8 Å². The van der Waals surface area contributed by atoms with Gasteiger partial charge in [-0.15, -0.1) is 0 Å². The van der Waals surface area contributed by atoms with E-state index in [2.05, 4.69) is 41.5 Å². The van der Waals surface area contributed by atoms with Crippen molar-refractivity contribution in [2.45, 2.75) is 17.2 Å². The van der Waals surface area contributed by atoms with Crippen LogP contribution in [-0.2, 0) is 0 Å². The zero-order chi connectivity index (χ0) is 11.0. The number of hydrogen-bond acceptors (Lipinski definition) is 3. The number of fused-ring (bicyclic) bond motifs is 1. The first kappa shape index (κ1) is 9.73. The summed E-state index contributed by atoms with van der Waals surface area (Å²) in [6.07, 6.45) is 1.84. The van der Waals surface area contributed by atoms with Gasteiger partial charge in [-0.3, -0.25) is 4.98 Å². The number of thioether (sulfide) groups is 1. The van der Waals surface area contributed by atoms with E-state index in [1.54, 1.807) is 0 Å². The Bertz CT molecular complexity index is 511. The molecule has 0 amide bonds. The lowest BCUT2D eigenvalue weighted by Crippen LogP contribution is -2.02. The first-order valence-corrected chi connectivity index (χ1v) is 6.16. The van der Waals surface area contributed by atoms with Crippen LogP contribution in [0.25, 0.3) is 0 Å². The maximum Gasteiger partial charge on any atom is 0.120 e. The number of rotatable bonds is 1. The van der Waals surface area contributed by atoms with Crippen molar-refractivity contribution >= 4 is 17.4 Å². The van der Waals surface area contributed by atoms with Gasteiger partial charge in [0.15, 0.2) is 0 Å². The van der Waals surface area contributed by atoms with Gasteiger partial charge < -0.3 is 5.32 Å². The fourth-order valence-electron chi connectivity index (χ4n) is 1.82. The van der Waals surface area contributed by atoms with E-state index in [1.807, 2.05) is 30.1 Å². The predicted octanol–water partition coefficient (Wildman–Crippen LogP) is 3.61. The second kappa shape index (κ2) is 3.83. The van der Waals surface area contributed by atoms with Crippen molar-refractivity contribution in [1.82, 2.24) is 4.98 Å². The van der Waals surface area contributed by atoms with Gasteiger partial charge in [0.1, 0.15) is 5.37 Å². The molecule has 0 saturated carbocycles. The molecule has 1 aliphatic rings. The van der Waals surface area contributed by atoms with E-state index in [0.29, 0.717) is 0 Å². The van der Waals surface area contributed by atoms with Crippen LogP contribution in [-0.4, -0.2) is 4.98 Å². The summed E-state index contributed by atoms with van der Waals surface area (Å²) in [4.78, 5) is 5.69. The summed E-state index contributed by atoms with van der Waals surface area (Å²) in [6.45, 7) is 2.11. The summed E-state index contributed by atoms with van der Waals surface area (Å²) in [5.41, 5.74) is 3.59. The fourth-order valence-corrected chi connectivity index (χ4v) is 2.91. The molecule has 0 fully saturated rings. The van der Waals surface area contributed by atoms with Crippen molar-refractivity contribution in [3.8, 4) is 0 Å². The number of hydrogen-bond donors (Lipinski definition) is 1. The van der Waals surface area contributed by atoms with Gasteiger partial charge in [0, 0.05) is 16.8 Å². The number of aromatic nitrogens is 1. The van der Waals surface area contributed by atoms with Crippen molar-refractivity contribution in [3.05, 3.63) is 53.9 Å². The second-order valence-electron chi connectivity index (χ2n) is 3.90. The van der Waals surface area contributed by atoms with E-state index >= 15 is 0 Å². The molecule has 80 valence electrons. The van der Waals surface area contributed by atoms with Crippen LogP contribution in [0.5, 0.6) is 0 Å². The number of aryl methyl sites for hydroxylation is 1. The van der Waals surface area contributed by atoms with Crippen LogP contribution in [0.3, 0.4) is 0 Å². The Morgan fingerprint density at radius 3 is 3.00 bits per heavy atom. The third kappa shape index (κ3) is 1.67. The zero-order valence-electron chi connectivity index (χ0n) is 8.97. The van der Waals surface area contributed by atoms with Gasteiger partial charge >= 0.3 is 0 Å². The summed E-state index contributed by atoms with van der Waals surface area (Å²) in [5.74, 6) is 0. The molecule has 2 nitrogen and oxygen atoms in total. The van der Waals surface area contributed by atoms with Crippen LogP contribution >= 0.6 is 11.8 Å². The third-order valence-corrected chi connectivity index (χ3v) is 3.83. The fraction of sp³-hybridized carbons (Fsp3) is 0.154. The van der Waals surface area contributed by atoms with E-state index in [1.165, 1.54) is 16.1 Å². The minimum Gasteiger partial charge on any atom is -0.367 e. The monoisotopic (exact) mass is 228 g/mol. The summed E-state index contributed by atoms with van der Waals surface area (Å²) in [7, 11) is 0. The molecule has 1 aromatic carbocycles. The van der Waals surface area contributed by atoms with Gasteiger partial charge in [-0.1, -0.05) is 23.9 Å². The summed E-state index contributed by atoms with van der Waals surface area (Å²) >= 11 is 1.82. The molecule has 0 unspecified atom stereocenters. The Labute approximate surface area is 99.1 Å². The molecule has 3 rings (SSSR count). The number of anilines is 1. The average Bonchev–Trinajstić information content (AvgIpc) is 2.73. The molecule has 0 spiro atoms. The minimum atomic E-state index is 0.248. The highest BCUT2D eigenvalue weighted by atomic mass is 32.2. The smallest absolute Gasteiger partial charge is 0.120 e. The lowest BCUT2D eigenvalue weighted by molar-refractivity contribution is 1.03. The molecule has 1 aromatic heterocycles. The molecule has 3 heteroatoms. The summed E-state index contributed by atoms with van der Waals surface area (Å²) in [5, 5.41) is 3.74. The van der Waals surface area contributed by atoms with E-state index in [9.17, 15) is 0 Å². The highest BCUT2D eigenvalue weighted by molar-refractivity contribution is 8.00. The highest BCUT2D eigenvalue weighted by Gasteiger charge is 2.23. The molecule has 1 N–H and O–H groups in total. The number of benzene rings is 1. The Morgan fingerprint density at radius 2 is 2.19 bits per heavy atom. The van der Waals surface area contributed by atoms with Crippen molar-refractivity contribution in [2.75, 3.05) is 5.32 Å². The van der Waals surface area contributed by atoms with E-state index in [4.69, 9.17) is 0 Å². The molecule has 2 aromatic rings. The van der Waals surface area contributed by atoms with E-state index in [-0.39, 0.29) is 5.37 Å². The maximum absolute atomic E-state index is 4.38. The number of nitrogens with zero attached hydrogens (tertiary/aromatic N) is 1. The SMILES string of the molecule is Cc1ccc2c(c1)N[C@@H](c1ccccn1)S2. The Morgan fingerprint density at radius 1 is 1.25 bits per heavy atom. The lowest BCUT2D eigenvalue weighted by atomic mass is 10.2. The number of pyridine rings is 1. The Kier molecular flexibility index (Phi) is 2.33. The molecule has 0 bridgehead atoms. The predicted molar refractivity (Wildman–Crippen MR) is 67.6 cm³/mol. The average molecular weight is 228 g/mol. The van der Waals surface area contributed by atoms with E-state index in [0.717, 1.165) is 5.69 Å². The molecule has 0 aliphatic carbocycles. The van der Waals surface area contributed by atoms with Crippen LogP contribution in [0.15, 0.2) is 47.5 Å². The Hall–Kier alpha value is -1.48. The van der Waals surface area contributed by atoms with Crippen molar-refractivity contribution < 1.29 is 0 Å². The third-order valence-electron chi connectivity index (χ3n) is 2.62. The molecular weight excluding hydrogens is 216 g/mol. The second-order valence-corrected chi connectivity index (χ2v) is 5.04. The largest absolute Gasteiger partial charge is 0.367 e. The van der Waals surface area contributed by atoms with Crippen LogP contribution < -0.4 is 5.32 Å². The molecule has 1 aliphatic heterocycles. The molecule has 2 heterocycles. The summed E-state index contributed by atoms with van der Waals surface area (Å²) < 4.78 is 0. The standard InChI is InChI=1S/C13H12N2S/c1-9-5-6-12-11(8-9)15-13(16-12)10-4-2-3-7-14-10/h2-8,13,15H,1H3/t13-/m1/s1. The quantitative estimate of drug-likeness (QED) is 0.807. The van der Waals surface area contributed by atoms with Crippen LogP contribution in [0.2, 0.25) is 0 Å². The minimum absolute atomic E-state index is 0.248.